The van der Waals surface area contributed by atoms with Crippen LogP contribution in [0.2, 0.25) is 0 Å². The van der Waals surface area contributed by atoms with E-state index in [0.717, 1.165) is 25.7 Å². The van der Waals surface area contributed by atoms with Gasteiger partial charge in [0.05, 0.1) is 6.61 Å². The van der Waals surface area contributed by atoms with Crippen LogP contribution in [0.1, 0.15) is 45.4 Å². The van der Waals surface area contributed by atoms with E-state index in [2.05, 4.69) is 0 Å². The number of hydroxylamine groups is 1. The highest BCUT2D eigenvalue weighted by Crippen LogP contribution is 2.05. The molecule has 1 amide bonds. The first-order valence-corrected chi connectivity index (χ1v) is 5.29. The SMILES string of the molecule is CCOC(=O)CCCCCCC(=O)NO. The third kappa shape index (κ3) is 9.21. The quantitative estimate of drug-likeness (QED) is 0.279. The Kier molecular flexibility index (Phi) is 8.76. The van der Waals surface area contributed by atoms with Crippen LogP contribution < -0.4 is 5.48 Å². The summed E-state index contributed by atoms with van der Waals surface area (Å²) < 4.78 is 4.77. The number of unbranched alkanes of at least 4 members (excludes halogenated alkanes) is 3. The lowest BCUT2D eigenvalue weighted by molar-refractivity contribution is -0.143. The standard InChI is InChI=1S/C10H19NO4/c1-2-15-10(13)8-6-4-3-5-7-9(12)11-14/h14H,2-8H2,1H3,(H,11,12). The third-order valence-electron chi connectivity index (χ3n) is 1.96. The molecule has 0 aliphatic carbocycles. The Balaban J connectivity index is 3.18. The number of carbonyl (C=O) groups is 2. The maximum Gasteiger partial charge on any atom is 0.305 e. The van der Waals surface area contributed by atoms with Crippen molar-refractivity contribution >= 4 is 11.9 Å². The molecule has 15 heavy (non-hydrogen) atoms. The summed E-state index contributed by atoms with van der Waals surface area (Å²) >= 11 is 0. The molecule has 0 saturated heterocycles. The van der Waals surface area contributed by atoms with Crippen LogP contribution in [0.3, 0.4) is 0 Å². The van der Waals surface area contributed by atoms with Crippen molar-refractivity contribution in [3.8, 4) is 0 Å². The Morgan fingerprint density at radius 2 is 1.73 bits per heavy atom. The van der Waals surface area contributed by atoms with Gasteiger partial charge >= 0.3 is 5.97 Å². The van der Waals surface area contributed by atoms with E-state index in [0.29, 0.717) is 19.4 Å². The summed E-state index contributed by atoms with van der Waals surface area (Å²) in [5.74, 6) is -0.522. The average Bonchev–Trinajstić information content (AvgIpc) is 2.23. The van der Waals surface area contributed by atoms with Gasteiger partial charge in [-0.15, -0.1) is 0 Å². The molecule has 0 spiro atoms. The van der Waals surface area contributed by atoms with Crippen LogP contribution in [0.25, 0.3) is 0 Å². The van der Waals surface area contributed by atoms with Gasteiger partial charge in [0, 0.05) is 12.8 Å². The van der Waals surface area contributed by atoms with Crippen molar-refractivity contribution < 1.29 is 19.5 Å². The van der Waals surface area contributed by atoms with Crippen LogP contribution in [0, 0.1) is 0 Å². The van der Waals surface area contributed by atoms with Gasteiger partial charge in [-0.2, -0.15) is 0 Å². The second-order valence-corrected chi connectivity index (χ2v) is 3.25. The minimum absolute atomic E-state index is 0.161. The average molecular weight is 217 g/mol. The molecule has 0 unspecified atom stereocenters. The zero-order chi connectivity index (χ0) is 11.5. The molecule has 5 nitrogen and oxygen atoms in total. The molecule has 0 atom stereocenters. The minimum Gasteiger partial charge on any atom is -0.466 e. The van der Waals surface area contributed by atoms with Crippen LogP contribution in [-0.2, 0) is 14.3 Å². The van der Waals surface area contributed by atoms with Gasteiger partial charge in [-0.1, -0.05) is 12.8 Å². The van der Waals surface area contributed by atoms with E-state index in [1.54, 1.807) is 12.4 Å². The first kappa shape index (κ1) is 13.9. The molecule has 0 aromatic heterocycles. The van der Waals surface area contributed by atoms with Crippen molar-refractivity contribution in [3.63, 3.8) is 0 Å². The summed E-state index contributed by atoms with van der Waals surface area (Å²) in [6.45, 7) is 2.21. The number of rotatable bonds is 8. The van der Waals surface area contributed by atoms with Gasteiger partial charge in [-0.3, -0.25) is 14.8 Å². The molecule has 0 fully saturated rings. The highest BCUT2D eigenvalue weighted by atomic mass is 16.5. The topological polar surface area (TPSA) is 75.6 Å². The Hall–Kier alpha value is -1.10. The Bertz CT molecular complexity index is 194. The van der Waals surface area contributed by atoms with E-state index in [4.69, 9.17) is 9.94 Å². The Morgan fingerprint density at radius 3 is 2.27 bits per heavy atom. The number of hydrogen-bond acceptors (Lipinski definition) is 4. The monoisotopic (exact) mass is 217 g/mol. The summed E-state index contributed by atoms with van der Waals surface area (Å²) in [7, 11) is 0. The van der Waals surface area contributed by atoms with Crippen LogP contribution in [0.5, 0.6) is 0 Å². The van der Waals surface area contributed by atoms with Crippen LogP contribution in [0.4, 0.5) is 0 Å². The maximum absolute atomic E-state index is 10.9. The summed E-state index contributed by atoms with van der Waals surface area (Å²) in [6.07, 6.45) is 4.08. The number of ether oxygens (including phenoxy) is 1. The fourth-order valence-electron chi connectivity index (χ4n) is 1.20. The third-order valence-corrected chi connectivity index (χ3v) is 1.96. The van der Waals surface area contributed by atoms with Crippen molar-refractivity contribution in [1.82, 2.24) is 5.48 Å². The van der Waals surface area contributed by atoms with E-state index < -0.39 is 0 Å². The zero-order valence-corrected chi connectivity index (χ0v) is 9.12. The van der Waals surface area contributed by atoms with Crippen LogP contribution in [-0.4, -0.2) is 23.7 Å². The fourth-order valence-corrected chi connectivity index (χ4v) is 1.20. The van der Waals surface area contributed by atoms with Crippen molar-refractivity contribution in [2.45, 2.75) is 45.4 Å². The second kappa shape index (κ2) is 9.45. The smallest absolute Gasteiger partial charge is 0.305 e. The highest BCUT2D eigenvalue weighted by molar-refractivity contribution is 5.74. The number of nitrogens with one attached hydrogen (secondary N) is 1. The van der Waals surface area contributed by atoms with E-state index in [9.17, 15) is 9.59 Å². The molecule has 0 aromatic carbocycles. The molecule has 0 saturated carbocycles. The molecule has 0 heterocycles. The molecular formula is C10H19NO4. The molecule has 0 aromatic rings. The Morgan fingerprint density at radius 1 is 1.13 bits per heavy atom. The number of hydrogen-bond donors (Lipinski definition) is 2. The lowest BCUT2D eigenvalue weighted by atomic mass is 10.1. The second-order valence-electron chi connectivity index (χ2n) is 3.25. The van der Waals surface area contributed by atoms with Gasteiger partial charge in [0.1, 0.15) is 0 Å². The number of amides is 1. The number of carbonyl (C=O) groups excluding carboxylic acids is 2. The van der Waals surface area contributed by atoms with Gasteiger partial charge in [-0.05, 0) is 19.8 Å². The summed E-state index contributed by atoms with van der Waals surface area (Å²) in [4.78, 5) is 21.5. The molecule has 88 valence electrons. The van der Waals surface area contributed by atoms with Gasteiger partial charge in [0.2, 0.25) is 5.91 Å². The predicted molar refractivity (Wildman–Crippen MR) is 54.3 cm³/mol. The lowest BCUT2D eigenvalue weighted by Gasteiger charge is -2.01. The number of esters is 1. The molecule has 0 radical (unpaired) electrons. The lowest BCUT2D eigenvalue weighted by Crippen LogP contribution is -2.17. The normalized spacial score (nSPS) is 9.73. The van der Waals surface area contributed by atoms with E-state index in [1.807, 2.05) is 0 Å². The van der Waals surface area contributed by atoms with Crippen molar-refractivity contribution in [2.75, 3.05) is 6.61 Å². The van der Waals surface area contributed by atoms with E-state index >= 15 is 0 Å². The molecule has 2 N–H and O–H groups in total. The van der Waals surface area contributed by atoms with Crippen molar-refractivity contribution in [2.24, 2.45) is 0 Å². The van der Waals surface area contributed by atoms with Gasteiger partial charge in [0.15, 0.2) is 0 Å². The largest absolute Gasteiger partial charge is 0.466 e. The van der Waals surface area contributed by atoms with E-state index in [1.165, 1.54) is 0 Å². The van der Waals surface area contributed by atoms with Gasteiger partial charge in [0.25, 0.3) is 0 Å². The molecule has 0 bridgehead atoms. The predicted octanol–water partition coefficient (Wildman–Crippen LogP) is 1.40. The maximum atomic E-state index is 10.9. The first-order valence-electron chi connectivity index (χ1n) is 5.29. The van der Waals surface area contributed by atoms with Crippen molar-refractivity contribution in [3.05, 3.63) is 0 Å². The van der Waals surface area contributed by atoms with Crippen molar-refractivity contribution in [1.29, 1.82) is 0 Å². The highest BCUT2D eigenvalue weighted by Gasteiger charge is 2.01. The van der Waals surface area contributed by atoms with Crippen LogP contribution in [0.15, 0.2) is 0 Å². The fraction of sp³-hybridized carbons (Fsp3) is 0.800. The molecule has 0 rings (SSSR count). The van der Waals surface area contributed by atoms with Gasteiger partial charge < -0.3 is 4.74 Å². The van der Waals surface area contributed by atoms with Crippen LogP contribution >= 0.6 is 0 Å². The van der Waals surface area contributed by atoms with E-state index in [-0.39, 0.29) is 11.9 Å². The molecular weight excluding hydrogens is 198 g/mol. The molecule has 0 aliphatic rings. The van der Waals surface area contributed by atoms with Gasteiger partial charge in [-0.25, -0.2) is 5.48 Å². The summed E-state index contributed by atoms with van der Waals surface area (Å²) in [5, 5.41) is 8.21. The molecule has 0 aliphatic heterocycles. The summed E-state index contributed by atoms with van der Waals surface area (Å²) in [5.41, 5.74) is 1.58. The first-order chi connectivity index (χ1) is 7.20. The Labute approximate surface area is 89.8 Å². The minimum atomic E-state index is -0.361. The summed E-state index contributed by atoms with van der Waals surface area (Å²) in [6, 6.07) is 0. The zero-order valence-electron chi connectivity index (χ0n) is 9.12. The molecule has 5 heteroatoms.